The number of halogens is 1. The van der Waals surface area contributed by atoms with Crippen molar-refractivity contribution >= 4 is 29.0 Å². The molecule has 1 aliphatic rings. The van der Waals surface area contributed by atoms with Gasteiger partial charge in [0.1, 0.15) is 18.1 Å². The highest BCUT2D eigenvalue weighted by Crippen LogP contribution is 2.28. The van der Waals surface area contributed by atoms with Gasteiger partial charge in [0, 0.05) is 43.8 Å². The van der Waals surface area contributed by atoms with Gasteiger partial charge in [0.05, 0.1) is 12.8 Å². The summed E-state index contributed by atoms with van der Waals surface area (Å²) >= 11 is 5.98. The van der Waals surface area contributed by atoms with Gasteiger partial charge in [0.15, 0.2) is 0 Å². The predicted molar refractivity (Wildman–Crippen MR) is 129 cm³/mol. The third-order valence-electron chi connectivity index (χ3n) is 5.55. The third kappa shape index (κ3) is 5.64. The van der Waals surface area contributed by atoms with Crippen molar-refractivity contribution in [3.05, 3.63) is 81.6 Å². The fourth-order valence-corrected chi connectivity index (χ4v) is 4.04. The van der Waals surface area contributed by atoms with Crippen LogP contribution in [0.2, 0.25) is 5.02 Å². The number of nitrogens with one attached hydrogen (secondary N) is 1. The molecule has 0 atom stereocenters. The molecule has 1 N–H and O–H groups in total. The second-order valence-corrected chi connectivity index (χ2v) is 8.18. The van der Waals surface area contributed by atoms with Crippen LogP contribution in [-0.4, -0.2) is 49.0 Å². The van der Waals surface area contributed by atoms with Crippen LogP contribution in [0.1, 0.15) is 5.56 Å². The fraction of sp³-hybridized carbons (Fsp3) is 0.292. The number of benzene rings is 2. The molecule has 3 aromatic rings. The molecule has 1 amide bonds. The summed E-state index contributed by atoms with van der Waals surface area (Å²) < 4.78 is 6.68. The highest BCUT2D eigenvalue weighted by molar-refractivity contribution is 6.30. The van der Waals surface area contributed by atoms with E-state index in [0.29, 0.717) is 17.4 Å². The largest absolute Gasteiger partial charge is 0.495 e. The van der Waals surface area contributed by atoms with E-state index in [1.165, 1.54) is 10.7 Å². The molecule has 1 fully saturated rings. The van der Waals surface area contributed by atoms with Gasteiger partial charge in [-0.1, -0.05) is 35.9 Å². The Kier molecular flexibility index (Phi) is 7.14. The Morgan fingerprint density at radius 2 is 1.79 bits per heavy atom. The summed E-state index contributed by atoms with van der Waals surface area (Å²) in [7, 11) is 1.67. The summed E-state index contributed by atoms with van der Waals surface area (Å²) in [6, 6.07) is 18.4. The van der Waals surface area contributed by atoms with Crippen LogP contribution in [0.25, 0.3) is 0 Å². The molecule has 2 aromatic carbocycles. The van der Waals surface area contributed by atoms with Crippen LogP contribution in [0.3, 0.4) is 0 Å². The highest BCUT2D eigenvalue weighted by Gasteiger charge is 2.21. The number of hydrogen-bond donors (Lipinski definition) is 1. The van der Waals surface area contributed by atoms with Crippen LogP contribution >= 0.6 is 11.6 Å². The minimum atomic E-state index is -0.315. The van der Waals surface area contributed by atoms with Crippen LogP contribution in [0.5, 0.6) is 5.75 Å². The number of rotatable bonds is 7. The van der Waals surface area contributed by atoms with Gasteiger partial charge in [0.25, 0.3) is 5.56 Å². The Hall–Kier alpha value is -3.52. The minimum Gasteiger partial charge on any atom is -0.495 e. The first-order chi connectivity index (χ1) is 16.0. The van der Waals surface area contributed by atoms with E-state index < -0.39 is 0 Å². The lowest BCUT2D eigenvalue weighted by Gasteiger charge is -2.37. The molecule has 0 unspecified atom stereocenters. The summed E-state index contributed by atoms with van der Waals surface area (Å²) in [5.74, 6) is 1.24. The number of carbonyl (C=O) groups excluding carboxylic acids is 1. The van der Waals surface area contributed by atoms with Crippen molar-refractivity contribution in [1.82, 2.24) is 15.1 Å². The molecule has 1 aliphatic heterocycles. The third-order valence-corrected chi connectivity index (χ3v) is 5.79. The lowest BCUT2D eigenvalue weighted by Crippen LogP contribution is -2.47. The number of methoxy groups -OCH3 is 1. The van der Waals surface area contributed by atoms with Crippen LogP contribution in [0.4, 0.5) is 11.5 Å². The zero-order valence-corrected chi connectivity index (χ0v) is 19.2. The van der Waals surface area contributed by atoms with E-state index in [0.717, 1.165) is 43.2 Å². The standard InChI is InChI=1S/C24H26ClN5O3/c1-33-21-8-3-2-7-20(21)28-11-13-29(14-12-28)22-9-10-24(32)30(27-22)17-23(31)26-16-18-5-4-6-19(25)15-18/h2-10,15H,11-14,16-17H2,1H3,(H,26,31). The molecule has 0 radical (unpaired) electrons. The van der Waals surface area contributed by atoms with Gasteiger partial charge in [-0.25, -0.2) is 4.68 Å². The normalized spacial score (nSPS) is 13.6. The van der Waals surface area contributed by atoms with E-state index in [4.69, 9.17) is 16.3 Å². The van der Waals surface area contributed by atoms with Crippen molar-refractivity contribution in [2.24, 2.45) is 0 Å². The number of aromatic nitrogens is 2. The first-order valence-electron chi connectivity index (χ1n) is 10.8. The Labute approximate surface area is 197 Å². The SMILES string of the molecule is COc1ccccc1N1CCN(c2ccc(=O)n(CC(=O)NCc3cccc(Cl)c3)n2)CC1. The number of ether oxygens (including phenoxy) is 1. The van der Waals surface area contributed by atoms with Crippen molar-refractivity contribution in [3.8, 4) is 5.75 Å². The molecule has 2 heterocycles. The Morgan fingerprint density at radius 3 is 2.55 bits per heavy atom. The average molecular weight is 468 g/mol. The summed E-state index contributed by atoms with van der Waals surface area (Å²) in [5.41, 5.74) is 1.64. The molecule has 1 saturated heterocycles. The van der Waals surface area contributed by atoms with Crippen LogP contribution < -0.4 is 25.4 Å². The monoisotopic (exact) mass is 467 g/mol. The molecule has 4 rings (SSSR count). The Bertz CT molecular complexity index is 1170. The average Bonchev–Trinajstić information content (AvgIpc) is 2.84. The lowest BCUT2D eigenvalue weighted by molar-refractivity contribution is -0.122. The quantitative estimate of drug-likeness (QED) is 0.575. The molecule has 0 aliphatic carbocycles. The van der Waals surface area contributed by atoms with Gasteiger partial charge in [-0.05, 0) is 35.9 Å². The van der Waals surface area contributed by atoms with Gasteiger partial charge < -0.3 is 19.9 Å². The van der Waals surface area contributed by atoms with Gasteiger partial charge in [-0.2, -0.15) is 5.10 Å². The number of anilines is 2. The smallest absolute Gasteiger partial charge is 0.267 e. The van der Waals surface area contributed by atoms with Crippen molar-refractivity contribution in [1.29, 1.82) is 0 Å². The van der Waals surface area contributed by atoms with Crippen LogP contribution in [-0.2, 0) is 17.9 Å². The molecule has 0 bridgehead atoms. The molecule has 33 heavy (non-hydrogen) atoms. The summed E-state index contributed by atoms with van der Waals surface area (Å²) in [5, 5.41) is 7.86. The first-order valence-corrected chi connectivity index (χ1v) is 11.1. The van der Waals surface area contributed by atoms with Gasteiger partial charge in [-0.3, -0.25) is 9.59 Å². The summed E-state index contributed by atoms with van der Waals surface area (Å²) in [6.07, 6.45) is 0. The fourth-order valence-electron chi connectivity index (χ4n) is 3.83. The lowest BCUT2D eigenvalue weighted by atomic mass is 10.2. The molecule has 0 spiro atoms. The van der Waals surface area contributed by atoms with Crippen molar-refractivity contribution in [3.63, 3.8) is 0 Å². The van der Waals surface area contributed by atoms with Crippen molar-refractivity contribution < 1.29 is 9.53 Å². The van der Waals surface area contributed by atoms with E-state index in [2.05, 4.69) is 26.3 Å². The van der Waals surface area contributed by atoms with Gasteiger partial charge in [0.2, 0.25) is 5.91 Å². The highest BCUT2D eigenvalue weighted by atomic mass is 35.5. The molecule has 0 saturated carbocycles. The molecular formula is C24H26ClN5O3. The zero-order chi connectivity index (χ0) is 23.2. The second-order valence-electron chi connectivity index (χ2n) is 7.74. The summed E-state index contributed by atoms with van der Waals surface area (Å²) in [6.45, 7) is 3.25. The topological polar surface area (TPSA) is 79.7 Å². The van der Waals surface area contributed by atoms with E-state index >= 15 is 0 Å². The molecular weight excluding hydrogens is 442 g/mol. The second kappa shape index (κ2) is 10.4. The van der Waals surface area contributed by atoms with Gasteiger partial charge >= 0.3 is 0 Å². The summed E-state index contributed by atoms with van der Waals surface area (Å²) in [4.78, 5) is 29.1. The number of hydrogen-bond acceptors (Lipinski definition) is 6. The maximum absolute atomic E-state index is 12.4. The molecule has 1 aromatic heterocycles. The molecule has 8 nitrogen and oxygen atoms in total. The maximum Gasteiger partial charge on any atom is 0.267 e. The van der Waals surface area contributed by atoms with E-state index in [-0.39, 0.29) is 18.0 Å². The van der Waals surface area contributed by atoms with E-state index in [1.807, 2.05) is 30.3 Å². The Morgan fingerprint density at radius 1 is 1.03 bits per heavy atom. The van der Waals surface area contributed by atoms with Crippen molar-refractivity contribution in [2.75, 3.05) is 43.1 Å². The molecule has 172 valence electrons. The maximum atomic E-state index is 12.4. The molecule has 9 heteroatoms. The first kappa shape index (κ1) is 22.7. The zero-order valence-electron chi connectivity index (χ0n) is 18.4. The number of nitrogens with zero attached hydrogens (tertiary/aromatic N) is 4. The van der Waals surface area contributed by atoms with E-state index in [1.54, 1.807) is 25.3 Å². The van der Waals surface area contributed by atoms with Gasteiger partial charge in [-0.15, -0.1) is 0 Å². The number of para-hydroxylation sites is 2. The predicted octanol–water partition coefficient (Wildman–Crippen LogP) is 2.55. The van der Waals surface area contributed by atoms with Crippen LogP contribution in [0, 0.1) is 0 Å². The Balaban J connectivity index is 1.37. The number of carbonyl (C=O) groups is 1. The number of piperazine rings is 1. The minimum absolute atomic E-state index is 0.144. The number of amides is 1. The van der Waals surface area contributed by atoms with Crippen molar-refractivity contribution in [2.45, 2.75) is 13.1 Å². The van der Waals surface area contributed by atoms with Crippen LogP contribution in [0.15, 0.2) is 65.5 Å². The van der Waals surface area contributed by atoms with E-state index in [9.17, 15) is 9.59 Å².